The Morgan fingerprint density at radius 1 is 0.650 bits per heavy atom. The highest BCUT2D eigenvalue weighted by Crippen LogP contribution is 2.41. The van der Waals surface area contributed by atoms with Gasteiger partial charge >= 0.3 is 0 Å². The number of aromatic nitrogens is 6. The van der Waals surface area contributed by atoms with Crippen LogP contribution in [0.2, 0.25) is 0 Å². The number of carbonyl (C=O) groups is 2. The van der Waals surface area contributed by atoms with Gasteiger partial charge in [-0.15, -0.1) is 0 Å². The average molecular weight is 801 g/mol. The summed E-state index contributed by atoms with van der Waals surface area (Å²) in [5.41, 5.74) is 19.3. The van der Waals surface area contributed by atoms with Gasteiger partial charge in [0.2, 0.25) is 11.8 Å². The molecule has 2 saturated carbocycles. The number of pyridine rings is 6. The Kier molecular flexibility index (Phi) is 9.95. The fourth-order valence-corrected chi connectivity index (χ4v) is 8.29. The predicted octanol–water partition coefficient (Wildman–Crippen LogP) is 5.48. The van der Waals surface area contributed by atoms with E-state index in [2.05, 4.69) is 52.7 Å². The van der Waals surface area contributed by atoms with Crippen molar-refractivity contribution in [3.05, 3.63) is 83.7 Å². The van der Waals surface area contributed by atoms with Crippen LogP contribution in [0.1, 0.15) is 73.0 Å². The lowest BCUT2D eigenvalue weighted by molar-refractivity contribution is -0.118. The Morgan fingerprint density at radius 3 is 1.48 bits per heavy atom. The number of hydrogen-bond donors (Lipinski definition) is 6. The van der Waals surface area contributed by atoms with Crippen LogP contribution in [0, 0.1) is 46.3 Å². The third kappa shape index (κ3) is 7.38. The van der Waals surface area contributed by atoms with Gasteiger partial charge in [0.15, 0.2) is 0 Å². The molecule has 4 aliphatic rings. The van der Waals surface area contributed by atoms with Crippen LogP contribution in [-0.2, 0) is 22.4 Å². The van der Waals surface area contributed by atoms with Gasteiger partial charge in [0.25, 0.3) is 0 Å². The monoisotopic (exact) mass is 800 g/mol. The lowest BCUT2D eigenvalue weighted by Gasteiger charge is -2.23. The third-order valence-electron chi connectivity index (χ3n) is 11.8. The number of nitrogens with one attached hydrogen (secondary N) is 2. The Labute approximate surface area is 343 Å². The number of aliphatic hydroxyl groups excluding tert-OH is 2. The maximum absolute atomic E-state index is 12.3. The maximum Gasteiger partial charge on any atom is 0.230 e. The van der Waals surface area contributed by atoms with Gasteiger partial charge in [0.1, 0.15) is 23.3 Å². The van der Waals surface area contributed by atoms with E-state index in [1.807, 2.05) is 12.1 Å². The van der Waals surface area contributed by atoms with Crippen molar-refractivity contribution in [3.63, 3.8) is 0 Å². The number of hydrogen-bond acceptors (Lipinski definition) is 14. The molecule has 6 aromatic heterocycles. The van der Waals surface area contributed by atoms with E-state index < -0.39 is 12.2 Å². The van der Waals surface area contributed by atoms with Crippen molar-refractivity contribution >= 4 is 56.6 Å². The van der Waals surface area contributed by atoms with Gasteiger partial charge in [0, 0.05) is 70.2 Å². The number of anilines is 4. The van der Waals surface area contributed by atoms with Gasteiger partial charge in [-0.05, 0) is 97.5 Å². The summed E-state index contributed by atoms with van der Waals surface area (Å²) < 4.78 is 0. The van der Waals surface area contributed by atoms with Gasteiger partial charge in [-0.3, -0.25) is 19.6 Å². The maximum atomic E-state index is 12.3. The summed E-state index contributed by atoms with van der Waals surface area (Å²) >= 11 is 0. The second-order valence-electron chi connectivity index (χ2n) is 15.8. The van der Waals surface area contributed by atoms with Crippen LogP contribution >= 0.6 is 0 Å². The highest BCUT2D eigenvalue weighted by molar-refractivity contribution is 6.00. The first-order valence-electron chi connectivity index (χ1n) is 19.9. The van der Waals surface area contributed by atoms with Gasteiger partial charge < -0.3 is 32.3 Å². The van der Waals surface area contributed by atoms with Crippen LogP contribution in [0.5, 0.6) is 0 Å². The summed E-state index contributed by atoms with van der Waals surface area (Å²) in [6.45, 7) is 0. The SMILES string of the molecule is N#C[C@@H]1C[C@H]1C(=O)Nc1cc2cc(-c3cncc4c3CCCC4O)nc(N)c2cn1.N#C[C@H]1C[C@@H]1C(=O)Nc1cc2cc(-c3cncc4c3CCCC4O)nc(N)c2cn1. The molecular formula is C44H40N12O4. The topological polar surface area (TPSA) is 276 Å². The van der Waals surface area contributed by atoms with Crippen LogP contribution in [0.25, 0.3) is 44.1 Å². The molecule has 2 amide bonds. The van der Waals surface area contributed by atoms with Crippen molar-refractivity contribution in [2.24, 2.45) is 23.7 Å². The highest BCUT2D eigenvalue weighted by Gasteiger charge is 2.44. The van der Waals surface area contributed by atoms with Crippen LogP contribution in [0.3, 0.4) is 0 Å². The zero-order valence-corrected chi connectivity index (χ0v) is 32.3. The summed E-state index contributed by atoms with van der Waals surface area (Å²) in [6.07, 6.45) is 15.3. The molecule has 2 unspecified atom stereocenters. The highest BCUT2D eigenvalue weighted by atomic mass is 16.3. The van der Waals surface area contributed by atoms with Crippen LogP contribution in [-0.4, -0.2) is 51.9 Å². The Balaban J connectivity index is 0.000000154. The first-order chi connectivity index (χ1) is 29.1. The molecule has 6 atom stereocenters. The van der Waals surface area contributed by atoms with E-state index >= 15 is 0 Å². The second-order valence-corrected chi connectivity index (χ2v) is 15.8. The minimum Gasteiger partial charge on any atom is -0.388 e. The van der Waals surface area contributed by atoms with Crippen molar-refractivity contribution < 1.29 is 19.8 Å². The molecular weight excluding hydrogens is 761 g/mol. The van der Waals surface area contributed by atoms with E-state index in [0.29, 0.717) is 58.3 Å². The largest absolute Gasteiger partial charge is 0.388 e. The molecule has 10 rings (SSSR count). The van der Waals surface area contributed by atoms with E-state index in [1.165, 1.54) is 0 Å². The van der Waals surface area contributed by atoms with Gasteiger partial charge in [-0.1, -0.05) is 0 Å². The normalized spacial score (nSPS) is 22.2. The van der Waals surface area contributed by atoms with Crippen molar-refractivity contribution in [2.75, 3.05) is 22.1 Å². The molecule has 0 aromatic carbocycles. The van der Waals surface area contributed by atoms with Crippen molar-refractivity contribution in [1.29, 1.82) is 10.5 Å². The lowest BCUT2D eigenvalue weighted by atomic mass is 9.87. The van der Waals surface area contributed by atoms with E-state index in [4.69, 9.17) is 22.0 Å². The minimum absolute atomic E-state index is 0.189. The molecule has 0 aliphatic heterocycles. The van der Waals surface area contributed by atoms with Gasteiger partial charge in [-0.25, -0.2) is 19.9 Å². The molecule has 4 aliphatic carbocycles. The lowest BCUT2D eigenvalue weighted by Crippen LogP contribution is -2.15. The summed E-state index contributed by atoms with van der Waals surface area (Å²) in [5, 5.41) is 47.0. The molecule has 0 saturated heterocycles. The zero-order chi connectivity index (χ0) is 41.7. The molecule has 60 heavy (non-hydrogen) atoms. The number of nitrogens with two attached hydrogens (primary N) is 2. The number of nitrogen functional groups attached to an aromatic ring is 2. The summed E-state index contributed by atoms with van der Waals surface area (Å²) in [6, 6.07) is 11.6. The van der Waals surface area contributed by atoms with Crippen molar-refractivity contribution in [3.8, 4) is 34.7 Å². The number of aliphatic hydroxyl groups is 2. The quantitative estimate of drug-likeness (QED) is 0.122. The Bertz CT molecular complexity index is 2630. The smallest absolute Gasteiger partial charge is 0.230 e. The average Bonchev–Trinajstić information content (AvgIpc) is 4.19. The molecule has 300 valence electrons. The van der Waals surface area contributed by atoms with Crippen LogP contribution in [0.15, 0.2) is 61.4 Å². The minimum atomic E-state index is -0.510. The third-order valence-corrected chi connectivity index (χ3v) is 11.8. The molecule has 16 nitrogen and oxygen atoms in total. The Morgan fingerprint density at radius 2 is 1.08 bits per heavy atom. The summed E-state index contributed by atoms with van der Waals surface area (Å²) in [7, 11) is 0. The van der Waals surface area contributed by atoms with Crippen molar-refractivity contribution in [2.45, 2.75) is 63.6 Å². The van der Waals surface area contributed by atoms with E-state index in [-0.39, 0.29) is 35.5 Å². The second kappa shape index (κ2) is 15.6. The number of carbonyl (C=O) groups excluding carboxylic acids is 2. The van der Waals surface area contributed by atoms with Crippen molar-refractivity contribution in [1.82, 2.24) is 29.9 Å². The number of amides is 2. The molecule has 0 radical (unpaired) electrons. The molecule has 0 bridgehead atoms. The fourth-order valence-electron chi connectivity index (χ4n) is 8.29. The van der Waals surface area contributed by atoms with E-state index in [9.17, 15) is 19.8 Å². The number of nitrogens with zero attached hydrogens (tertiary/aromatic N) is 8. The zero-order valence-electron chi connectivity index (χ0n) is 32.3. The summed E-state index contributed by atoms with van der Waals surface area (Å²) in [4.78, 5) is 50.7. The first-order valence-corrected chi connectivity index (χ1v) is 19.9. The molecule has 0 spiro atoms. The summed E-state index contributed by atoms with van der Waals surface area (Å²) in [5.74, 6) is 0.192. The Hall–Kier alpha value is -7.14. The molecule has 8 N–H and O–H groups in total. The van der Waals surface area contributed by atoms with Gasteiger partial charge in [0.05, 0.1) is 59.4 Å². The molecule has 16 heteroatoms. The number of rotatable bonds is 6. The van der Waals surface area contributed by atoms with E-state index in [1.54, 1.807) is 49.3 Å². The number of fused-ring (bicyclic) bond motifs is 4. The standard InChI is InChI=1S/2C22H20N6O2/c2*23-7-12-4-14(12)22(30)28-20-6-11-5-18(27-21(24)15(11)10-26-20)16-8-25-9-17-13(16)2-1-3-19(17)29/h2*5-6,8-10,12,14,19,29H,1-4H2,(H2,24,27)(H,26,28,30)/t2*12-,14+,19?/m10/s1. The molecule has 2 fully saturated rings. The fraction of sp³-hybridized carbons (Fsp3) is 0.318. The molecule has 6 heterocycles. The van der Waals surface area contributed by atoms with E-state index in [0.717, 1.165) is 82.7 Å². The predicted molar refractivity (Wildman–Crippen MR) is 222 cm³/mol. The van der Waals surface area contributed by atoms with Crippen LogP contribution in [0.4, 0.5) is 23.3 Å². The first kappa shape index (κ1) is 38.4. The van der Waals surface area contributed by atoms with Crippen LogP contribution < -0.4 is 22.1 Å². The molecule has 6 aromatic rings. The number of nitriles is 2. The van der Waals surface area contributed by atoms with Gasteiger partial charge in [-0.2, -0.15) is 10.5 Å².